The van der Waals surface area contributed by atoms with Gasteiger partial charge in [-0.15, -0.1) is 11.3 Å². The maximum atomic E-state index is 10.6. The number of carbonyl (C=O) groups excluding carboxylic acids is 2. The van der Waals surface area contributed by atoms with E-state index in [4.69, 9.17) is 0 Å². The number of ether oxygens (including phenoxy) is 1. The van der Waals surface area contributed by atoms with Crippen LogP contribution in [0.15, 0.2) is 12.1 Å². The largest absolute Gasteiger partial charge is 0.459 e. The summed E-state index contributed by atoms with van der Waals surface area (Å²) in [5.74, 6) is 4.27. The van der Waals surface area contributed by atoms with Crippen LogP contribution in [0.5, 0.6) is 0 Å². The molecule has 1 aromatic rings. The van der Waals surface area contributed by atoms with E-state index in [1.54, 1.807) is 12.1 Å². The summed E-state index contributed by atoms with van der Waals surface area (Å²) in [6.07, 6.45) is 0.744. The molecule has 0 saturated carbocycles. The molecule has 0 atom stereocenters. The predicted octanol–water partition coefficient (Wildman–Crippen LogP) is 1.09. The molecule has 0 aliphatic rings. The summed E-state index contributed by atoms with van der Waals surface area (Å²) in [4.78, 5) is 22.2. The van der Waals surface area contributed by atoms with Gasteiger partial charge in [-0.2, -0.15) is 0 Å². The van der Waals surface area contributed by atoms with Crippen LogP contribution < -0.4 is 0 Å². The maximum Gasteiger partial charge on any atom is 0.384 e. The van der Waals surface area contributed by atoms with E-state index in [-0.39, 0.29) is 0 Å². The van der Waals surface area contributed by atoms with Crippen molar-refractivity contribution in [2.24, 2.45) is 0 Å². The summed E-state index contributed by atoms with van der Waals surface area (Å²) in [5, 5.41) is 0. The Morgan fingerprint density at radius 3 is 2.92 bits per heavy atom. The summed E-state index contributed by atoms with van der Waals surface area (Å²) < 4.78 is 4.33. The number of aldehydes is 1. The number of thiophene rings is 1. The summed E-state index contributed by atoms with van der Waals surface area (Å²) in [5.41, 5.74) is 0. The highest BCUT2D eigenvalue weighted by atomic mass is 32.1. The number of hydrogen-bond donors (Lipinski definition) is 0. The zero-order valence-electron chi connectivity index (χ0n) is 6.87. The lowest BCUT2D eigenvalue weighted by molar-refractivity contribution is -0.133. The van der Waals surface area contributed by atoms with E-state index in [9.17, 15) is 9.59 Å². The molecule has 0 N–H and O–H groups in total. The Hall–Kier alpha value is -1.60. The van der Waals surface area contributed by atoms with E-state index in [0.717, 1.165) is 6.29 Å². The SMILES string of the molecule is COC(=O)C#Cc1ccc(C=O)s1. The van der Waals surface area contributed by atoms with Crippen molar-refractivity contribution in [3.05, 3.63) is 21.9 Å². The first kappa shape index (κ1) is 9.49. The van der Waals surface area contributed by atoms with Crippen molar-refractivity contribution < 1.29 is 14.3 Å². The summed E-state index contributed by atoms with van der Waals surface area (Å²) in [7, 11) is 1.27. The van der Waals surface area contributed by atoms with E-state index in [1.807, 2.05) is 0 Å². The molecule has 0 aliphatic heterocycles. The smallest absolute Gasteiger partial charge is 0.384 e. The fourth-order valence-corrected chi connectivity index (χ4v) is 1.32. The van der Waals surface area contributed by atoms with Crippen LogP contribution in [0, 0.1) is 11.8 Å². The molecule has 4 heteroatoms. The van der Waals surface area contributed by atoms with Crippen LogP contribution in [0.2, 0.25) is 0 Å². The number of rotatable bonds is 1. The van der Waals surface area contributed by atoms with Crippen LogP contribution in [0.25, 0.3) is 0 Å². The second kappa shape index (κ2) is 4.43. The zero-order valence-corrected chi connectivity index (χ0v) is 7.68. The second-order valence-electron chi connectivity index (χ2n) is 2.06. The van der Waals surface area contributed by atoms with E-state index in [1.165, 1.54) is 18.4 Å². The molecule has 66 valence electrons. The molecule has 13 heavy (non-hydrogen) atoms. The number of carbonyl (C=O) groups is 2. The van der Waals surface area contributed by atoms with Crippen molar-refractivity contribution in [2.75, 3.05) is 7.11 Å². The molecule has 0 fully saturated rings. The van der Waals surface area contributed by atoms with Crippen molar-refractivity contribution in [1.29, 1.82) is 0 Å². The molecular formula is C9H6O3S. The Morgan fingerprint density at radius 2 is 2.38 bits per heavy atom. The van der Waals surface area contributed by atoms with Gasteiger partial charge in [-0.3, -0.25) is 4.79 Å². The van der Waals surface area contributed by atoms with Crippen molar-refractivity contribution in [3.63, 3.8) is 0 Å². The molecule has 0 saturated heterocycles. The van der Waals surface area contributed by atoms with Gasteiger partial charge in [0.25, 0.3) is 0 Å². The Labute approximate surface area is 79.3 Å². The van der Waals surface area contributed by atoms with Crippen molar-refractivity contribution in [1.82, 2.24) is 0 Å². The minimum atomic E-state index is -0.582. The van der Waals surface area contributed by atoms with Gasteiger partial charge in [-0.05, 0) is 18.1 Å². The van der Waals surface area contributed by atoms with Gasteiger partial charge in [0.1, 0.15) is 0 Å². The van der Waals surface area contributed by atoms with E-state index >= 15 is 0 Å². The molecule has 3 nitrogen and oxygen atoms in total. The number of hydrogen-bond acceptors (Lipinski definition) is 4. The number of esters is 1. The van der Waals surface area contributed by atoms with E-state index in [0.29, 0.717) is 9.75 Å². The van der Waals surface area contributed by atoms with Gasteiger partial charge in [0.15, 0.2) is 6.29 Å². The van der Waals surface area contributed by atoms with Crippen LogP contribution in [-0.4, -0.2) is 19.4 Å². The van der Waals surface area contributed by atoms with Crippen LogP contribution in [0.3, 0.4) is 0 Å². The highest BCUT2D eigenvalue weighted by Crippen LogP contribution is 2.12. The lowest BCUT2D eigenvalue weighted by Gasteiger charge is -1.83. The monoisotopic (exact) mass is 194 g/mol. The quantitative estimate of drug-likeness (QED) is 0.382. The van der Waals surface area contributed by atoms with Crippen molar-refractivity contribution in [3.8, 4) is 11.8 Å². The highest BCUT2D eigenvalue weighted by Gasteiger charge is 1.95. The van der Waals surface area contributed by atoms with Crippen LogP contribution in [-0.2, 0) is 9.53 Å². The third-order valence-electron chi connectivity index (χ3n) is 1.22. The number of methoxy groups -OCH3 is 1. The van der Waals surface area contributed by atoms with Crippen molar-refractivity contribution in [2.45, 2.75) is 0 Å². The molecule has 0 unspecified atom stereocenters. The van der Waals surface area contributed by atoms with E-state index in [2.05, 4.69) is 16.6 Å². The van der Waals surface area contributed by atoms with Crippen LogP contribution in [0.1, 0.15) is 14.5 Å². The standard InChI is InChI=1S/C9H6O3S/c1-12-9(11)5-4-7-2-3-8(6-10)13-7/h2-3,6H,1H3. The maximum absolute atomic E-state index is 10.6. The first-order chi connectivity index (χ1) is 6.26. The molecule has 0 radical (unpaired) electrons. The Balaban J connectivity index is 2.77. The molecule has 1 aromatic heterocycles. The average molecular weight is 194 g/mol. The van der Waals surface area contributed by atoms with Crippen LogP contribution in [0.4, 0.5) is 0 Å². The van der Waals surface area contributed by atoms with Gasteiger partial charge in [0, 0.05) is 5.92 Å². The molecule has 0 aliphatic carbocycles. The van der Waals surface area contributed by atoms with Gasteiger partial charge in [-0.25, -0.2) is 4.79 Å². The molecular weight excluding hydrogens is 188 g/mol. The molecule has 0 bridgehead atoms. The highest BCUT2D eigenvalue weighted by molar-refractivity contribution is 7.14. The molecule has 0 spiro atoms. The summed E-state index contributed by atoms with van der Waals surface area (Å²) in [6.45, 7) is 0. The minimum Gasteiger partial charge on any atom is -0.459 e. The first-order valence-corrected chi connectivity index (χ1v) is 4.23. The third-order valence-corrected chi connectivity index (χ3v) is 2.14. The third kappa shape index (κ3) is 2.73. The van der Waals surface area contributed by atoms with Crippen LogP contribution >= 0.6 is 11.3 Å². The van der Waals surface area contributed by atoms with Crippen molar-refractivity contribution >= 4 is 23.6 Å². The second-order valence-corrected chi connectivity index (χ2v) is 3.18. The zero-order chi connectivity index (χ0) is 9.68. The first-order valence-electron chi connectivity index (χ1n) is 3.41. The molecule has 1 rings (SSSR count). The summed E-state index contributed by atoms with van der Waals surface area (Å²) in [6, 6.07) is 3.34. The lowest BCUT2D eigenvalue weighted by Crippen LogP contribution is -1.93. The molecule has 0 amide bonds. The Morgan fingerprint density at radius 1 is 1.62 bits per heavy atom. The topological polar surface area (TPSA) is 43.4 Å². The van der Waals surface area contributed by atoms with Gasteiger partial charge in [0.2, 0.25) is 0 Å². The fourth-order valence-electron chi connectivity index (χ4n) is 0.647. The van der Waals surface area contributed by atoms with Gasteiger partial charge >= 0.3 is 5.97 Å². The molecule has 0 aromatic carbocycles. The van der Waals surface area contributed by atoms with Gasteiger partial charge in [0.05, 0.1) is 16.9 Å². The average Bonchev–Trinajstić information content (AvgIpc) is 2.61. The Kier molecular flexibility index (Phi) is 3.23. The minimum absolute atomic E-state index is 0.582. The summed E-state index contributed by atoms with van der Waals surface area (Å²) >= 11 is 1.24. The lowest BCUT2D eigenvalue weighted by atomic mass is 10.4. The van der Waals surface area contributed by atoms with Gasteiger partial charge < -0.3 is 4.74 Å². The Bertz CT molecular complexity index is 381. The fraction of sp³-hybridized carbons (Fsp3) is 0.111. The predicted molar refractivity (Wildman–Crippen MR) is 48.6 cm³/mol. The van der Waals surface area contributed by atoms with Gasteiger partial charge in [-0.1, -0.05) is 0 Å². The molecule has 1 heterocycles. The normalized spacial score (nSPS) is 8.38. The van der Waals surface area contributed by atoms with E-state index < -0.39 is 5.97 Å².